The van der Waals surface area contributed by atoms with Gasteiger partial charge in [-0.2, -0.15) is 0 Å². The van der Waals surface area contributed by atoms with Gasteiger partial charge in [-0.05, 0) is 19.9 Å². The fraction of sp³-hybridized carbons (Fsp3) is 0.357. The molecule has 0 aliphatic rings. The Morgan fingerprint density at radius 2 is 1.94 bits per heavy atom. The van der Waals surface area contributed by atoms with Gasteiger partial charge in [0.05, 0.1) is 13.7 Å². The number of rotatable bonds is 4. The highest BCUT2D eigenvalue weighted by Gasteiger charge is 2.08. The predicted octanol–water partition coefficient (Wildman–Crippen LogP) is 2.29. The first-order chi connectivity index (χ1) is 8.63. The van der Waals surface area contributed by atoms with E-state index in [0.717, 1.165) is 11.3 Å². The quantitative estimate of drug-likeness (QED) is 0.829. The van der Waals surface area contributed by atoms with Gasteiger partial charge >= 0.3 is 5.69 Å². The van der Waals surface area contributed by atoms with Gasteiger partial charge in [0, 0.05) is 24.0 Å². The highest BCUT2D eigenvalue weighted by atomic mass is 16.5. The van der Waals surface area contributed by atoms with Crippen molar-refractivity contribution in [2.45, 2.75) is 26.4 Å². The molecule has 0 radical (unpaired) electrons. The Balaban J connectivity index is 2.32. The maximum Gasteiger partial charge on any atom is 0.328 e. The number of hydrogen-bond acceptors (Lipinski definition) is 2. The van der Waals surface area contributed by atoms with Crippen molar-refractivity contribution in [1.82, 2.24) is 9.13 Å². The molecule has 0 saturated heterocycles. The van der Waals surface area contributed by atoms with Gasteiger partial charge in [0.2, 0.25) is 0 Å². The molecule has 0 spiro atoms. The van der Waals surface area contributed by atoms with Crippen LogP contribution in [0.2, 0.25) is 0 Å². The molecule has 4 nitrogen and oxygen atoms in total. The first-order valence-corrected chi connectivity index (χ1v) is 6.02. The monoisotopic (exact) mass is 246 g/mol. The van der Waals surface area contributed by atoms with Crippen molar-refractivity contribution >= 4 is 0 Å². The number of para-hydroxylation sites is 1. The van der Waals surface area contributed by atoms with Crippen LogP contribution in [0.4, 0.5) is 0 Å². The number of imidazole rings is 1. The summed E-state index contributed by atoms with van der Waals surface area (Å²) in [6.07, 6.45) is 3.64. The van der Waals surface area contributed by atoms with E-state index in [9.17, 15) is 4.79 Å². The molecule has 0 unspecified atom stereocenters. The Kier molecular flexibility index (Phi) is 3.55. The van der Waals surface area contributed by atoms with Crippen LogP contribution >= 0.6 is 0 Å². The van der Waals surface area contributed by atoms with Crippen molar-refractivity contribution in [3.8, 4) is 5.75 Å². The number of ether oxygens (including phenoxy) is 1. The summed E-state index contributed by atoms with van der Waals surface area (Å²) in [5, 5.41) is 0. The molecule has 0 fully saturated rings. The second-order valence-electron chi connectivity index (χ2n) is 4.52. The fourth-order valence-electron chi connectivity index (χ4n) is 1.96. The molecule has 0 aliphatic heterocycles. The SMILES string of the molecule is COc1ccccc1Cn1ccn(C(C)C)c1=O. The van der Waals surface area contributed by atoms with E-state index in [-0.39, 0.29) is 11.7 Å². The molecular formula is C14H18N2O2. The molecule has 0 saturated carbocycles. The van der Waals surface area contributed by atoms with E-state index in [1.165, 1.54) is 0 Å². The third-order valence-electron chi connectivity index (χ3n) is 2.96. The third kappa shape index (κ3) is 2.32. The third-order valence-corrected chi connectivity index (χ3v) is 2.96. The van der Waals surface area contributed by atoms with E-state index < -0.39 is 0 Å². The van der Waals surface area contributed by atoms with Crippen LogP contribution < -0.4 is 10.4 Å². The second kappa shape index (κ2) is 5.12. The largest absolute Gasteiger partial charge is 0.496 e. The molecule has 2 aromatic rings. The lowest BCUT2D eigenvalue weighted by Crippen LogP contribution is -2.25. The standard InChI is InChI=1S/C14H18N2O2/c1-11(2)16-9-8-15(14(16)17)10-12-6-4-5-7-13(12)18-3/h4-9,11H,10H2,1-3H3. The summed E-state index contributed by atoms with van der Waals surface area (Å²) < 4.78 is 8.70. The van der Waals surface area contributed by atoms with E-state index in [2.05, 4.69) is 0 Å². The van der Waals surface area contributed by atoms with Gasteiger partial charge in [0.25, 0.3) is 0 Å². The minimum atomic E-state index is 0.0101. The van der Waals surface area contributed by atoms with E-state index in [4.69, 9.17) is 4.74 Å². The summed E-state index contributed by atoms with van der Waals surface area (Å²) in [5.74, 6) is 0.807. The summed E-state index contributed by atoms with van der Waals surface area (Å²) in [6.45, 7) is 4.52. The van der Waals surface area contributed by atoms with Crippen LogP contribution in [0.1, 0.15) is 25.5 Å². The molecule has 1 aromatic carbocycles. The maximum absolute atomic E-state index is 12.1. The molecule has 96 valence electrons. The molecule has 4 heteroatoms. The van der Waals surface area contributed by atoms with E-state index in [1.807, 2.05) is 50.5 Å². The smallest absolute Gasteiger partial charge is 0.328 e. The molecule has 1 heterocycles. The summed E-state index contributed by atoms with van der Waals surface area (Å²) in [4.78, 5) is 12.1. The van der Waals surface area contributed by atoms with Gasteiger partial charge in [-0.1, -0.05) is 18.2 Å². The molecule has 0 amide bonds. The Morgan fingerprint density at radius 1 is 1.22 bits per heavy atom. The van der Waals surface area contributed by atoms with Crippen molar-refractivity contribution in [3.05, 3.63) is 52.7 Å². The zero-order chi connectivity index (χ0) is 13.1. The number of methoxy groups -OCH3 is 1. The zero-order valence-electron chi connectivity index (χ0n) is 11.0. The molecule has 1 aromatic heterocycles. The molecular weight excluding hydrogens is 228 g/mol. The topological polar surface area (TPSA) is 36.2 Å². The predicted molar refractivity (Wildman–Crippen MR) is 71.2 cm³/mol. The fourth-order valence-corrected chi connectivity index (χ4v) is 1.96. The highest BCUT2D eigenvalue weighted by molar-refractivity contribution is 5.33. The van der Waals surface area contributed by atoms with Gasteiger partial charge < -0.3 is 4.74 Å². The van der Waals surface area contributed by atoms with Crippen LogP contribution in [-0.2, 0) is 6.54 Å². The van der Waals surface area contributed by atoms with Gasteiger partial charge in [0.1, 0.15) is 5.75 Å². The Bertz CT molecular complexity index is 581. The molecule has 18 heavy (non-hydrogen) atoms. The minimum absolute atomic E-state index is 0.0101. The Labute approximate surface area is 106 Å². The molecule has 0 bridgehead atoms. The first-order valence-electron chi connectivity index (χ1n) is 6.02. The van der Waals surface area contributed by atoms with E-state index in [1.54, 1.807) is 16.2 Å². The summed E-state index contributed by atoms with van der Waals surface area (Å²) in [6, 6.07) is 7.92. The van der Waals surface area contributed by atoms with Crippen molar-refractivity contribution in [2.75, 3.05) is 7.11 Å². The van der Waals surface area contributed by atoms with E-state index in [0.29, 0.717) is 6.54 Å². The highest BCUT2D eigenvalue weighted by Crippen LogP contribution is 2.17. The van der Waals surface area contributed by atoms with Gasteiger partial charge in [-0.25, -0.2) is 4.79 Å². The van der Waals surface area contributed by atoms with Crippen LogP contribution in [0.5, 0.6) is 5.75 Å². The van der Waals surface area contributed by atoms with Crippen molar-refractivity contribution < 1.29 is 4.74 Å². The second-order valence-corrected chi connectivity index (χ2v) is 4.52. The Hall–Kier alpha value is -1.97. The van der Waals surface area contributed by atoms with Crippen LogP contribution in [0, 0.1) is 0 Å². The number of nitrogens with zero attached hydrogens (tertiary/aromatic N) is 2. The summed E-state index contributed by atoms with van der Waals surface area (Å²) >= 11 is 0. The lowest BCUT2D eigenvalue weighted by Gasteiger charge is -2.08. The van der Waals surface area contributed by atoms with Gasteiger partial charge in [-0.3, -0.25) is 9.13 Å². The zero-order valence-corrected chi connectivity index (χ0v) is 11.0. The van der Waals surface area contributed by atoms with Crippen LogP contribution in [-0.4, -0.2) is 16.2 Å². The van der Waals surface area contributed by atoms with Crippen molar-refractivity contribution in [2.24, 2.45) is 0 Å². The minimum Gasteiger partial charge on any atom is -0.496 e. The number of hydrogen-bond donors (Lipinski definition) is 0. The average Bonchev–Trinajstić information content (AvgIpc) is 2.72. The Morgan fingerprint density at radius 3 is 2.56 bits per heavy atom. The van der Waals surface area contributed by atoms with Crippen LogP contribution in [0.3, 0.4) is 0 Å². The molecule has 2 rings (SSSR count). The summed E-state index contributed by atoms with van der Waals surface area (Å²) in [7, 11) is 1.64. The number of aromatic nitrogens is 2. The lowest BCUT2D eigenvalue weighted by atomic mass is 10.2. The normalized spacial score (nSPS) is 10.9. The summed E-state index contributed by atoms with van der Waals surface area (Å²) in [5.41, 5.74) is 1.01. The van der Waals surface area contributed by atoms with Crippen LogP contribution in [0.15, 0.2) is 41.5 Å². The van der Waals surface area contributed by atoms with Crippen LogP contribution in [0.25, 0.3) is 0 Å². The van der Waals surface area contributed by atoms with Crippen molar-refractivity contribution in [1.29, 1.82) is 0 Å². The first kappa shape index (κ1) is 12.5. The average molecular weight is 246 g/mol. The van der Waals surface area contributed by atoms with E-state index >= 15 is 0 Å². The van der Waals surface area contributed by atoms with Crippen molar-refractivity contribution in [3.63, 3.8) is 0 Å². The molecule has 0 aliphatic carbocycles. The maximum atomic E-state index is 12.1. The van der Waals surface area contributed by atoms with Gasteiger partial charge in [0.15, 0.2) is 0 Å². The molecule has 0 N–H and O–H groups in total. The molecule has 0 atom stereocenters. The number of benzene rings is 1. The van der Waals surface area contributed by atoms with Gasteiger partial charge in [-0.15, -0.1) is 0 Å². The lowest BCUT2D eigenvalue weighted by molar-refractivity contribution is 0.408.